The third-order valence-corrected chi connectivity index (χ3v) is 17.4. The van der Waals surface area contributed by atoms with Crippen LogP contribution in [0.2, 0.25) is 0 Å². The smallest absolute Gasteiger partial charge is 0.311 e. The average Bonchev–Trinajstić information content (AvgIpc) is 0.767. The number of aliphatic hydroxyl groups is 1. The maximum atomic E-state index is 14.7. The molecule has 524 valence electrons. The predicted octanol–water partition coefficient (Wildman–Crippen LogP) is 13.3. The van der Waals surface area contributed by atoms with Gasteiger partial charge in [-0.05, 0) is 71.7 Å². The van der Waals surface area contributed by atoms with Gasteiger partial charge in [0.2, 0.25) is 0 Å². The molecule has 8 aromatic carbocycles. The van der Waals surface area contributed by atoms with Gasteiger partial charge in [0.05, 0.1) is 78.1 Å². The van der Waals surface area contributed by atoms with E-state index in [2.05, 4.69) is 0 Å². The molecule has 0 spiro atoms. The van der Waals surface area contributed by atoms with Gasteiger partial charge in [-0.2, -0.15) is 0 Å². The van der Waals surface area contributed by atoms with Crippen LogP contribution in [0.15, 0.2) is 243 Å². The van der Waals surface area contributed by atoms with E-state index < -0.39 is 104 Å². The van der Waals surface area contributed by atoms with E-state index in [1.54, 1.807) is 20.8 Å². The molecule has 3 aliphatic heterocycles. The molecule has 0 saturated carbocycles. The van der Waals surface area contributed by atoms with Gasteiger partial charge in [0.1, 0.15) is 67.1 Å². The molecule has 3 fully saturated rings. The Hall–Kier alpha value is -7.37. The molecule has 0 aliphatic carbocycles. The van der Waals surface area contributed by atoms with Gasteiger partial charge in [0, 0.05) is 6.61 Å². The molecule has 6 unspecified atom stereocenters. The monoisotopic (exact) mass is 1350 g/mol. The van der Waals surface area contributed by atoms with Crippen LogP contribution in [0.4, 0.5) is 0 Å². The van der Waals surface area contributed by atoms with Crippen LogP contribution in [0, 0.1) is 5.41 Å². The lowest BCUT2D eigenvalue weighted by Crippen LogP contribution is -2.68. The van der Waals surface area contributed by atoms with Gasteiger partial charge in [-0.25, -0.2) is 0 Å². The van der Waals surface area contributed by atoms with Crippen LogP contribution in [0.5, 0.6) is 0 Å². The highest BCUT2D eigenvalue weighted by atomic mass is 16.8. The zero-order valence-corrected chi connectivity index (χ0v) is 56.9. The van der Waals surface area contributed by atoms with Crippen LogP contribution in [0.25, 0.3) is 0 Å². The van der Waals surface area contributed by atoms with E-state index in [1.807, 2.05) is 250 Å². The molecule has 17 nitrogen and oxygen atoms in total. The number of carbonyl (C=O) groups excluding carboxylic acids is 1. The second-order valence-corrected chi connectivity index (χ2v) is 26.1. The molecular formula is C82H94O17. The number of ether oxygens (including phenoxy) is 15. The van der Waals surface area contributed by atoms with Crippen molar-refractivity contribution in [3.05, 3.63) is 287 Å². The quantitative estimate of drug-likeness (QED) is 0.0371. The minimum atomic E-state index is -1.71. The number of esters is 1. The summed E-state index contributed by atoms with van der Waals surface area (Å²) in [7, 11) is 0. The van der Waals surface area contributed by atoms with Gasteiger partial charge >= 0.3 is 5.97 Å². The highest BCUT2D eigenvalue weighted by Gasteiger charge is 2.58. The molecule has 1 N–H and O–H groups in total. The molecule has 0 amide bonds. The van der Waals surface area contributed by atoms with E-state index in [4.69, 9.17) is 71.1 Å². The maximum Gasteiger partial charge on any atom is 0.311 e. The Morgan fingerprint density at radius 3 is 0.939 bits per heavy atom. The summed E-state index contributed by atoms with van der Waals surface area (Å²) in [5, 5.41) is 12.9. The zero-order chi connectivity index (χ0) is 68.4. The number of benzene rings is 8. The molecular weight excluding hydrogens is 1260 g/mol. The van der Waals surface area contributed by atoms with Crippen LogP contribution >= 0.6 is 0 Å². The molecule has 17 heteroatoms. The number of hydrogen-bond donors (Lipinski definition) is 1. The lowest BCUT2D eigenvalue weighted by Gasteiger charge is -2.51. The largest absolute Gasteiger partial charge is 0.454 e. The van der Waals surface area contributed by atoms with Crippen LogP contribution in [0.1, 0.15) is 78.6 Å². The van der Waals surface area contributed by atoms with Crippen molar-refractivity contribution in [2.75, 3.05) is 26.4 Å². The van der Waals surface area contributed by atoms with E-state index in [0.717, 1.165) is 44.5 Å². The fourth-order valence-corrected chi connectivity index (χ4v) is 12.2. The van der Waals surface area contributed by atoms with Crippen molar-refractivity contribution in [1.82, 2.24) is 0 Å². The highest BCUT2D eigenvalue weighted by Crippen LogP contribution is 2.39. The van der Waals surface area contributed by atoms with E-state index >= 15 is 0 Å². The lowest BCUT2D eigenvalue weighted by molar-refractivity contribution is -0.394. The number of carbonyl (C=O) groups is 1. The molecule has 0 bridgehead atoms. The summed E-state index contributed by atoms with van der Waals surface area (Å²) in [6.07, 6.45) is -16.7. The van der Waals surface area contributed by atoms with Crippen molar-refractivity contribution in [3.63, 3.8) is 0 Å². The number of hydrogen-bond acceptors (Lipinski definition) is 17. The third-order valence-electron chi connectivity index (χ3n) is 17.4. The fourth-order valence-electron chi connectivity index (χ4n) is 12.2. The molecule has 0 aromatic heterocycles. The molecule has 15 atom stereocenters. The molecule has 3 aliphatic rings. The lowest BCUT2D eigenvalue weighted by atomic mass is 9.94. The second kappa shape index (κ2) is 37.9. The van der Waals surface area contributed by atoms with Gasteiger partial charge in [-0.1, -0.05) is 250 Å². The Labute approximate surface area is 582 Å². The van der Waals surface area contributed by atoms with E-state index in [1.165, 1.54) is 0 Å². The highest BCUT2D eigenvalue weighted by molar-refractivity contribution is 5.75. The number of rotatable bonds is 35. The summed E-state index contributed by atoms with van der Waals surface area (Å²) in [4.78, 5) is 14.7. The Balaban J connectivity index is 0.998. The van der Waals surface area contributed by atoms with Gasteiger partial charge < -0.3 is 76.2 Å². The summed E-state index contributed by atoms with van der Waals surface area (Å²) in [5.41, 5.74) is 6.28. The molecule has 99 heavy (non-hydrogen) atoms. The summed E-state index contributed by atoms with van der Waals surface area (Å²) >= 11 is 0. The van der Waals surface area contributed by atoms with Gasteiger partial charge in [0.15, 0.2) is 25.0 Å². The third kappa shape index (κ3) is 21.6. The Morgan fingerprint density at radius 1 is 0.333 bits per heavy atom. The molecule has 3 heterocycles. The van der Waals surface area contributed by atoms with Gasteiger partial charge in [-0.3, -0.25) is 4.79 Å². The Kier molecular flexibility index (Phi) is 27.9. The van der Waals surface area contributed by atoms with Crippen LogP contribution < -0.4 is 0 Å². The summed E-state index contributed by atoms with van der Waals surface area (Å²) in [6, 6.07) is 78.6. The van der Waals surface area contributed by atoms with Crippen LogP contribution in [0.3, 0.4) is 0 Å². The van der Waals surface area contributed by atoms with E-state index in [-0.39, 0.29) is 79.3 Å². The minimum Gasteiger partial charge on any atom is -0.454 e. The van der Waals surface area contributed by atoms with E-state index in [9.17, 15) is 9.90 Å². The zero-order valence-electron chi connectivity index (χ0n) is 56.9. The first-order chi connectivity index (χ1) is 48.5. The minimum absolute atomic E-state index is 0.00642. The summed E-state index contributed by atoms with van der Waals surface area (Å²) < 4.78 is 105. The van der Waals surface area contributed by atoms with Crippen molar-refractivity contribution in [1.29, 1.82) is 0 Å². The van der Waals surface area contributed by atoms with Crippen molar-refractivity contribution in [3.8, 4) is 0 Å². The fraction of sp³-hybridized carbons (Fsp3) is 0.402. The first kappa shape index (κ1) is 72.9. The first-order valence-corrected chi connectivity index (χ1v) is 34.4. The Morgan fingerprint density at radius 2 is 0.606 bits per heavy atom. The topological polar surface area (TPSA) is 176 Å². The summed E-state index contributed by atoms with van der Waals surface area (Å²) in [5.74, 6) is -0.551. The van der Waals surface area contributed by atoms with Gasteiger partial charge in [-0.15, -0.1) is 0 Å². The number of aliphatic hydroxyl groups excluding tert-OH is 1. The predicted molar refractivity (Wildman–Crippen MR) is 371 cm³/mol. The van der Waals surface area contributed by atoms with Crippen molar-refractivity contribution >= 4 is 5.97 Å². The molecule has 0 radical (unpaired) electrons. The average molecular weight is 1350 g/mol. The second-order valence-electron chi connectivity index (χ2n) is 26.1. The van der Waals surface area contributed by atoms with Crippen LogP contribution in [-0.2, 0) is 129 Å². The van der Waals surface area contributed by atoms with Crippen LogP contribution in [-0.4, -0.2) is 130 Å². The van der Waals surface area contributed by atoms with E-state index in [0.29, 0.717) is 6.42 Å². The first-order valence-electron chi connectivity index (χ1n) is 34.4. The standard InChI is InChI=1S/C82H94O17/c1-5-46-88-74-71(97-80-77(99-81(84)82(2,3)4)73(92-53-64-42-26-12-27-43-64)70(90-51-62-38-22-10-23-39-62)67(96-80)56-86-48-59-32-16-7-17-33-59)68(57-87-49-60-34-18-8-19-35-60)94-78(83)75(74)98-79-76(93-54-65-44-28-13-29-45-65)72(91-52-63-40-24-11-25-41-63)69(89-50-61-36-20-9-21-37-61)66(95-79)55-85-47-58-30-14-6-15-31-58/h6-45,66-80,83H,5,46-57H2,1-4H3/t66?,67?,68?,69-,70-,71-,72-,73+,74+,75?,76?,77?,78-,79-,80+/m1/s1. The SMILES string of the molecule is CCCO[C@@H]1C(O[C@H]2OC(COCc3ccccc3)[C@@H](OCc3ccccc3)[C@@H](OCc3ccccc3)C2OCc2ccccc2)[C@H](O)OC(COCc2ccccc2)[C@H]1O[C@@H]1OC(COCc2ccccc2)[C@@H](OCc2ccccc2)[C@H](OCc2ccccc2)C1OC(=O)C(C)(C)C. The summed E-state index contributed by atoms with van der Waals surface area (Å²) in [6.45, 7) is 8.84. The Bertz CT molecular complexity index is 3530. The molecule has 3 saturated heterocycles. The maximum absolute atomic E-state index is 14.7. The normalized spacial score (nSPS) is 25.6. The molecule has 8 aromatic rings. The van der Waals surface area contributed by atoms with Crippen molar-refractivity contribution in [2.45, 2.75) is 179 Å². The van der Waals surface area contributed by atoms with Gasteiger partial charge in [0.25, 0.3) is 0 Å². The molecule has 11 rings (SSSR count). The van der Waals surface area contributed by atoms with Crippen molar-refractivity contribution in [2.24, 2.45) is 5.41 Å². The van der Waals surface area contributed by atoms with Crippen molar-refractivity contribution < 1.29 is 81.0 Å².